The number of ketones is 1. The molecule has 0 fully saturated rings. The number of Topliss-reactive ketones (excluding diaryl/α,β-unsaturated/α-hetero) is 1. The highest BCUT2D eigenvalue weighted by atomic mass is 32.2. The number of carbonyl (C=O) groups is 1. The van der Waals surface area contributed by atoms with Crippen molar-refractivity contribution in [1.82, 2.24) is 9.97 Å². The van der Waals surface area contributed by atoms with E-state index in [0.29, 0.717) is 0 Å². The number of hydrogen-bond acceptors (Lipinski definition) is 5. The molecule has 3 N–H and O–H groups in total. The number of benzene rings is 1. The summed E-state index contributed by atoms with van der Waals surface area (Å²) >= 11 is 0.930. The van der Waals surface area contributed by atoms with Crippen LogP contribution in [0.3, 0.4) is 0 Å². The summed E-state index contributed by atoms with van der Waals surface area (Å²) in [5.41, 5.74) is 5.31. The number of anilines is 1. The first-order chi connectivity index (χ1) is 8.95. The molecule has 2 rings (SSSR count). The largest absolute Gasteiger partial charge is 0.383 e. The molecular weight excluding hydrogens is 269 g/mol. The normalized spacial score (nSPS) is 10.4. The van der Waals surface area contributed by atoms with Crippen LogP contribution in [0.5, 0.6) is 0 Å². The molecule has 19 heavy (non-hydrogen) atoms. The molecule has 0 aliphatic carbocycles. The SMILES string of the molecule is CC(=O)c1ccc(Sc2nc(N)cc(=O)[nH]2)c(F)c1. The van der Waals surface area contributed by atoms with Gasteiger partial charge in [0.2, 0.25) is 0 Å². The Balaban J connectivity index is 2.33. The minimum Gasteiger partial charge on any atom is -0.383 e. The van der Waals surface area contributed by atoms with Gasteiger partial charge in [-0.3, -0.25) is 9.59 Å². The molecule has 0 aliphatic heterocycles. The zero-order valence-corrected chi connectivity index (χ0v) is 10.8. The van der Waals surface area contributed by atoms with Crippen LogP contribution < -0.4 is 11.3 Å². The van der Waals surface area contributed by atoms with Crippen LogP contribution in [0, 0.1) is 5.82 Å². The van der Waals surface area contributed by atoms with E-state index < -0.39 is 11.4 Å². The molecule has 0 atom stereocenters. The van der Waals surface area contributed by atoms with Gasteiger partial charge in [-0.1, -0.05) is 6.07 Å². The van der Waals surface area contributed by atoms with Gasteiger partial charge in [-0.2, -0.15) is 0 Å². The molecule has 1 heterocycles. The average Bonchev–Trinajstić information content (AvgIpc) is 2.30. The first-order valence-corrected chi connectivity index (χ1v) is 6.12. The van der Waals surface area contributed by atoms with E-state index in [1.807, 2.05) is 0 Å². The van der Waals surface area contributed by atoms with Gasteiger partial charge in [-0.25, -0.2) is 9.37 Å². The average molecular weight is 279 g/mol. The van der Waals surface area contributed by atoms with Crippen molar-refractivity contribution in [3.05, 3.63) is 46.0 Å². The van der Waals surface area contributed by atoms with E-state index in [1.54, 1.807) is 0 Å². The van der Waals surface area contributed by atoms with E-state index in [0.717, 1.165) is 23.9 Å². The first kappa shape index (κ1) is 13.3. The lowest BCUT2D eigenvalue weighted by Crippen LogP contribution is -2.09. The highest BCUT2D eigenvalue weighted by molar-refractivity contribution is 7.99. The molecule has 5 nitrogen and oxygen atoms in total. The summed E-state index contributed by atoms with van der Waals surface area (Å²) in [5, 5.41) is 0.194. The van der Waals surface area contributed by atoms with Gasteiger partial charge in [0.05, 0.1) is 4.90 Å². The predicted molar refractivity (Wildman–Crippen MR) is 69.8 cm³/mol. The number of H-pyrrole nitrogens is 1. The fourth-order valence-electron chi connectivity index (χ4n) is 1.41. The van der Waals surface area contributed by atoms with Gasteiger partial charge in [-0.05, 0) is 30.8 Å². The predicted octanol–water partition coefficient (Wildman–Crippen LogP) is 1.84. The van der Waals surface area contributed by atoms with Crippen molar-refractivity contribution in [3.8, 4) is 0 Å². The molecule has 98 valence electrons. The standard InChI is InChI=1S/C12H10FN3O2S/c1-6(17)7-2-3-9(8(13)4-7)19-12-15-10(14)5-11(18)16-12/h2-5H,1H3,(H3,14,15,16,18). The maximum Gasteiger partial charge on any atom is 0.253 e. The molecule has 1 aromatic heterocycles. The van der Waals surface area contributed by atoms with Crippen LogP contribution >= 0.6 is 11.8 Å². The van der Waals surface area contributed by atoms with Crippen LogP contribution in [0.25, 0.3) is 0 Å². The van der Waals surface area contributed by atoms with Crippen molar-refractivity contribution < 1.29 is 9.18 Å². The summed E-state index contributed by atoms with van der Waals surface area (Å²) < 4.78 is 13.8. The summed E-state index contributed by atoms with van der Waals surface area (Å²) in [6.07, 6.45) is 0. The van der Waals surface area contributed by atoms with E-state index in [4.69, 9.17) is 5.73 Å². The third-order valence-corrected chi connectivity index (χ3v) is 3.22. The number of nitrogens with zero attached hydrogens (tertiary/aromatic N) is 1. The van der Waals surface area contributed by atoms with Crippen molar-refractivity contribution in [3.63, 3.8) is 0 Å². The molecule has 0 amide bonds. The van der Waals surface area contributed by atoms with Crippen LogP contribution in [0.4, 0.5) is 10.2 Å². The Kier molecular flexibility index (Phi) is 3.66. The van der Waals surface area contributed by atoms with Crippen molar-refractivity contribution in [2.24, 2.45) is 0 Å². The van der Waals surface area contributed by atoms with Crippen LogP contribution in [0.2, 0.25) is 0 Å². The maximum atomic E-state index is 13.8. The monoisotopic (exact) mass is 279 g/mol. The van der Waals surface area contributed by atoms with Gasteiger partial charge in [0.1, 0.15) is 11.6 Å². The number of hydrogen-bond donors (Lipinski definition) is 2. The molecule has 7 heteroatoms. The number of rotatable bonds is 3. The van der Waals surface area contributed by atoms with Crippen molar-refractivity contribution in [1.29, 1.82) is 0 Å². The number of nitrogen functional groups attached to an aromatic ring is 1. The molecule has 0 bridgehead atoms. The molecule has 0 aliphatic rings. The molecular formula is C12H10FN3O2S. The number of halogens is 1. The minimum absolute atomic E-state index is 0.0621. The summed E-state index contributed by atoms with van der Waals surface area (Å²) in [5.74, 6) is -0.708. The topological polar surface area (TPSA) is 88.8 Å². The number of aromatic nitrogens is 2. The van der Waals surface area contributed by atoms with Gasteiger partial charge < -0.3 is 10.7 Å². The Hall–Kier alpha value is -2.15. The summed E-state index contributed by atoms with van der Waals surface area (Å²) in [6.45, 7) is 1.36. The first-order valence-electron chi connectivity index (χ1n) is 5.31. The minimum atomic E-state index is -0.553. The fourth-order valence-corrected chi connectivity index (χ4v) is 2.21. The fraction of sp³-hybridized carbons (Fsp3) is 0.0833. The molecule has 1 aromatic carbocycles. The summed E-state index contributed by atoms with van der Waals surface area (Å²) in [4.78, 5) is 28.9. The molecule has 0 unspecified atom stereocenters. The Labute approximate surface area is 112 Å². The third-order valence-electron chi connectivity index (χ3n) is 2.28. The molecule has 0 spiro atoms. The van der Waals surface area contributed by atoms with Crippen LogP contribution in [0.1, 0.15) is 17.3 Å². The Morgan fingerprint density at radius 1 is 1.42 bits per heavy atom. The zero-order chi connectivity index (χ0) is 14.0. The highest BCUT2D eigenvalue weighted by Gasteiger charge is 2.09. The Morgan fingerprint density at radius 2 is 2.16 bits per heavy atom. The summed E-state index contributed by atoms with van der Waals surface area (Å²) in [7, 11) is 0. The lowest BCUT2D eigenvalue weighted by Gasteiger charge is -2.04. The second kappa shape index (κ2) is 5.23. The van der Waals surface area contributed by atoms with Gasteiger partial charge in [0.25, 0.3) is 5.56 Å². The van der Waals surface area contributed by atoms with E-state index in [2.05, 4.69) is 9.97 Å². The van der Waals surface area contributed by atoms with E-state index >= 15 is 0 Å². The second-order valence-corrected chi connectivity index (χ2v) is 4.81. The van der Waals surface area contributed by atoms with E-state index in [-0.39, 0.29) is 27.2 Å². The zero-order valence-electron chi connectivity index (χ0n) is 9.94. The van der Waals surface area contributed by atoms with Gasteiger partial charge in [-0.15, -0.1) is 0 Å². The number of carbonyl (C=O) groups excluding carboxylic acids is 1. The van der Waals surface area contributed by atoms with Gasteiger partial charge >= 0.3 is 0 Å². The van der Waals surface area contributed by atoms with Crippen LogP contribution in [0.15, 0.2) is 39.1 Å². The number of aromatic amines is 1. The van der Waals surface area contributed by atoms with Gasteiger partial charge in [0, 0.05) is 11.6 Å². The second-order valence-electron chi connectivity index (χ2n) is 3.78. The molecule has 0 radical (unpaired) electrons. The van der Waals surface area contributed by atoms with Crippen molar-refractivity contribution in [2.45, 2.75) is 17.0 Å². The smallest absolute Gasteiger partial charge is 0.253 e. The third kappa shape index (κ3) is 3.19. The summed E-state index contributed by atoms with van der Waals surface area (Å²) in [6, 6.07) is 5.26. The lowest BCUT2D eigenvalue weighted by molar-refractivity contribution is 0.101. The maximum absolute atomic E-state index is 13.8. The molecule has 0 saturated heterocycles. The quantitative estimate of drug-likeness (QED) is 0.661. The molecule has 2 aromatic rings. The Bertz CT molecular complexity index is 700. The Morgan fingerprint density at radius 3 is 2.74 bits per heavy atom. The number of nitrogens with two attached hydrogens (primary N) is 1. The van der Waals surface area contributed by atoms with Gasteiger partial charge in [0.15, 0.2) is 10.9 Å². The lowest BCUT2D eigenvalue weighted by atomic mass is 10.1. The van der Waals surface area contributed by atoms with Crippen molar-refractivity contribution >= 4 is 23.4 Å². The van der Waals surface area contributed by atoms with Crippen LogP contribution in [-0.4, -0.2) is 15.8 Å². The molecule has 0 saturated carbocycles. The van der Waals surface area contributed by atoms with E-state index in [1.165, 1.54) is 19.1 Å². The van der Waals surface area contributed by atoms with Crippen molar-refractivity contribution in [2.75, 3.05) is 5.73 Å². The van der Waals surface area contributed by atoms with Crippen LogP contribution in [-0.2, 0) is 0 Å². The highest BCUT2D eigenvalue weighted by Crippen LogP contribution is 2.27. The number of nitrogens with one attached hydrogen (secondary N) is 1. The van der Waals surface area contributed by atoms with E-state index in [9.17, 15) is 14.0 Å².